The molecule has 0 atom stereocenters. The van der Waals surface area contributed by atoms with E-state index >= 15 is 0 Å². The van der Waals surface area contributed by atoms with Crippen LogP contribution in [-0.4, -0.2) is 49.0 Å². The number of piperazine rings is 1. The third kappa shape index (κ3) is 4.22. The monoisotopic (exact) mass is 352 g/mol. The maximum absolute atomic E-state index is 12.7. The molecule has 1 aromatic heterocycles. The minimum Gasteiger partial charge on any atom is -0.354 e. The summed E-state index contributed by atoms with van der Waals surface area (Å²) in [6, 6.07) is 11.8. The summed E-state index contributed by atoms with van der Waals surface area (Å²) in [5, 5.41) is 3.04. The standard InChI is InChI=1S/C21H28N4O/c1-21(2,3)17-7-5-6-8-18(17)23-20(26)16-9-10-19(22-15-16)25-13-11-24(4)12-14-25/h5-10,15H,11-14H2,1-4H3,(H,23,26). The number of benzene rings is 1. The van der Waals surface area contributed by atoms with Gasteiger partial charge in [0.05, 0.1) is 5.56 Å². The Morgan fingerprint density at radius 1 is 1.04 bits per heavy atom. The first kappa shape index (κ1) is 18.4. The van der Waals surface area contributed by atoms with Gasteiger partial charge in [-0.1, -0.05) is 39.0 Å². The lowest BCUT2D eigenvalue weighted by Gasteiger charge is -2.33. The van der Waals surface area contributed by atoms with Gasteiger partial charge in [-0.05, 0) is 36.2 Å². The molecule has 0 aliphatic carbocycles. The van der Waals surface area contributed by atoms with Crippen molar-refractivity contribution in [2.24, 2.45) is 0 Å². The zero-order valence-electron chi connectivity index (χ0n) is 16.1. The van der Waals surface area contributed by atoms with Crippen LogP contribution >= 0.6 is 0 Å². The van der Waals surface area contributed by atoms with Crippen LogP contribution in [0.15, 0.2) is 42.6 Å². The van der Waals surface area contributed by atoms with E-state index in [1.165, 1.54) is 0 Å². The van der Waals surface area contributed by atoms with Crippen molar-refractivity contribution < 1.29 is 4.79 Å². The molecule has 5 heteroatoms. The van der Waals surface area contributed by atoms with Gasteiger partial charge in [-0.3, -0.25) is 4.79 Å². The highest BCUT2D eigenvalue weighted by Crippen LogP contribution is 2.29. The van der Waals surface area contributed by atoms with Crippen molar-refractivity contribution in [1.82, 2.24) is 9.88 Å². The molecule has 138 valence electrons. The molecule has 2 aromatic rings. The van der Waals surface area contributed by atoms with Crippen LogP contribution in [0.1, 0.15) is 36.7 Å². The molecule has 5 nitrogen and oxygen atoms in total. The number of carbonyl (C=O) groups is 1. The molecule has 26 heavy (non-hydrogen) atoms. The number of pyridine rings is 1. The molecular weight excluding hydrogens is 324 g/mol. The number of hydrogen-bond acceptors (Lipinski definition) is 4. The van der Waals surface area contributed by atoms with Crippen LogP contribution < -0.4 is 10.2 Å². The molecule has 0 saturated carbocycles. The topological polar surface area (TPSA) is 48.5 Å². The van der Waals surface area contributed by atoms with Gasteiger partial charge in [-0.2, -0.15) is 0 Å². The Bertz CT molecular complexity index is 756. The van der Waals surface area contributed by atoms with E-state index in [2.05, 4.69) is 54.0 Å². The van der Waals surface area contributed by atoms with Gasteiger partial charge in [0.15, 0.2) is 0 Å². The first-order valence-electron chi connectivity index (χ1n) is 9.15. The summed E-state index contributed by atoms with van der Waals surface area (Å²) >= 11 is 0. The average Bonchev–Trinajstić information content (AvgIpc) is 2.62. The second-order valence-corrected chi connectivity index (χ2v) is 7.95. The van der Waals surface area contributed by atoms with Crippen molar-refractivity contribution in [3.8, 4) is 0 Å². The molecule has 1 saturated heterocycles. The molecule has 0 spiro atoms. The van der Waals surface area contributed by atoms with Crippen molar-refractivity contribution in [3.63, 3.8) is 0 Å². The lowest BCUT2D eigenvalue weighted by molar-refractivity contribution is 0.102. The fourth-order valence-electron chi connectivity index (χ4n) is 3.18. The zero-order valence-corrected chi connectivity index (χ0v) is 16.1. The van der Waals surface area contributed by atoms with Crippen LogP contribution in [0.5, 0.6) is 0 Å². The van der Waals surface area contributed by atoms with Gasteiger partial charge >= 0.3 is 0 Å². The zero-order chi connectivity index (χ0) is 18.7. The van der Waals surface area contributed by atoms with Gasteiger partial charge < -0.3 is 15.1 Å². The predicted molar refractivity (Wildman–Crippen MR) is 107 cm³/mol. The van der Waals surface area contributed by atoms with Crippen LogP contribution in [0.4, 0.5) is 11.5 Å². The Labute approximate surface area is 156 Å². The first-order chi connectivity index (χ1) is 12.3. The Morgan fingerprint density at radius 3 is 2.35 bits per heavy atom. The number of carbonyl (C=O) groups excluding carboxylic acids is 1. The molecule has 1 aliphatic heterocycles. The maximum atomic E-state index is 12.7. The molecular formula is C21H28N4O. The molecule has 3 rings (SSSR count). The summed E-state index contributed by atoms with van der Waals surface area (Å²) < 4.78 is 0. The van der Waals surface area contributed by atoms with E-state index in [0.29, 0.717) is 5.56 Å². The summed E-state index contributed by atoms with van der Waals surface area (Å²) in [7, 11) is 2.13. The van der Waals surface area contributed by atoms with Crippen molar-refractivity contribution in [3.05, 3.63) is 53.7 Å². The summed E-state index contributed by atoms with van der Waals surface area (Å²) in [6.45, 7) is 10.4. The lowest BCUT2D eigenvalue weighted by atomic mass is 9.86. The Balaban J connectivity index is 1.71. The molecule has 0 unspecified atom stereocenters. The largest absolute Gasteiger partial charge is 0.354 e. The van der Waals surface area contributed by atoms with E-state index in [-0.39, 0.29) is 11.3 Å². The van der Waals surface area contributed by atoms with Crippen LogP contribution in [0, 0.1) is 0 Å². The molecule has 1 amide bonds. The molecule has 1 N–H and O–H groups in total. The number of rotatable bonds is 3. The van der Waals surface area contributed by atoms with Gasteiger partial charge in [-0.15, -0.1) is 0 Å². The summed E-state index contributed by atoms with van der Waals surface area (Å²) in [5.41, 5.74) is 2.52. The van der Waals surface area contributed by atoms with Gasteiger partial charge in [0.25, 0.3) is 5.91 Å². The maximum Gasteiger partial charge on any atom is 0.257 e. The number of nitrogens with one attached hydrogen (secondary N) is 1. The molecule has 0 radical (unpaired) electrons. The second kappa shape index (κ2) is 7.46. The number of para-hydroxylation sites is 1. The van der Waals surface area contributed by atoms with E-state index in [4.69, 9.17) is 0 Å². The average molecular weight is 352 g/mol. The first-order valence-corrected chi connectivity index (χ1v) is 9.15. The predicted octanol–water partition coefficient (Wildman–Crippen LogP) is 3.38. The highest BCUT2D eigenvalue weighted by molar-refractivity contribution is 6.04. The van der Waals surface area contributed by atoms with Crippen molar-refractivity contribution in [2.75, 3.05) is 43.4 Å². The highest BCUT2D eigenvalue weighted by Gasteiger charge is 2.19. The van der Waals surface area contributed by atoms with Crippen molar-refractivity contribution in [1.29, 1.82) is 0 Å². The minimum atomic E-state index is -0.126. The van der Waals surface area contributed by atoms with E-state index in [1.54, 1.807) is 6.20 Å². The van der Waals surface area contributed by atoms with Gasteiger partial charge in [-0.25, -0.2) is 4.98 Å². The lowest BCUT2D eigenvalue weighted by Crippen LogP contribution is -2.44. The molecule has 1 fully saturated rings. The van der Waals surface area contributed by atoms with Gasteiger partial charge in [0.1, 0.15) is 5.82 Å². The van der Waals surface area contributed by atoms with E-state index in [0.717, 1.165) is 43.2 Å². The van der Waals surface area contributed by atoms with E-state index < -0.39 is 0 Å². The minimum absolute atomic E-state index is 0.0343. The SMILES string of the molecule is CN1CCN(c2ccc(C(=O)Nc3ccccc3C(C)(C)C)cn2)CC1. The third-order valence-corrected chi connectivity index (χ3v) is 4.82. The highest BCUT2D eigenvalue weighted by atomic mass is 16.1. The van der Waals surface area contributed by atoms with Crippen LogP contribution in [0.2, 0.25) is 0 Å². The van der Waals surface area contributed by atoms with E-state index in [1.807, 2.05) is 30.3 Å². The van der Waals surface area contributed by atoms with Crippen LogP contribution in [0.25, 0.3) is 0 Å². The Morgan fingerprint density at radius 2 is 1.73 bits per heavy atom. The molecule has 2 heterocycles. The summed E-state index contributed by atoms with van der Waals surface area (Å²) in [5.74, 6) is 0.809. The quantitative estimate of drug-likeness (QED) is 0.920. The van der Waals surface area contributed by atoms with E-state index in [9.17, 15) is 4.79 Å². The molecule has 1 aliphatic rings. The normalized spacial score (nSPS) is 15.8. The van der Waals surface area contributed by atoms with Crippen LogP contribution in [0.3, 0.4) is 0 Å². The van der Waals surface area contributed by atoms with Crippen LogP contribution in [-0.2, 0) is 5.41 Å². The number of anilines is 2. The molecule has 1 aromatic carbocycles. The number of aromatic nitrogens is 1. The van der Waals surface area contributed by atoms with Gasteiger partial charge in [0, 0.05) is 38.1 Å². The molecule has 0 bridgehead atoms. The number of likely N-dealkylation sites (N-methyl/N-ethyl adjacent to an activating group) is 1. The number of amides is 1. The fraction of sp³-hybridized carbons (Fsp3) is 0.429. The van der Waals surface area contributed by atoms with Gasteiger partial charge in [0.2, 0.25) is 0 Å². The summed E-state index contributed by atoms with van der Waals surface area (Å²) in [4.78, 5) is 21.7. The fourth-order valence-corrected chi connectivity index (χ4v) is 3.18. The Kier molecular flexibility index (Phi) is 5.28. The summed E-state index contributed by atoms with van der Waals surface area (Å²) in [6.07, 6.45) is 1.67. The van der Waals surface area contributed by atoms with Crippen molar-refractivity contribution in [2.45, 2.75) is 26.2 Å². The third-order valence-electron chi connectivity index (χ3n) is 4.82. The number of nitrogens with zero attached hydrogens (tertiary/aromatic N) is 3. The smallest absolute Gasteiger partial charge is 0.257 e. The Hall–Kier alpha value is -2.40. The van der Waals surface area contributed by atoms with Crippen molar-refractivity contribution >= 4 is 17.4 Å². The number of hydrogen-bond donors (Lipinski definition) is 1. The second-order valence-electron chi connectivity index (χ2n) is 7.95.